The van der Waals surface area contributed by atoms with Gasteiger partial charge in [0.2, 0.25) is 16.0 Å². The molecule has 3 aromatic rings. The van der Waals surface area contributed by atoms with Gasteiger partial charge in [-0.3, -0.25) is 0 Å². The number of hydrogen-bond donors (Lipinski definition) is 2. The van der Waals surface area contributed by atoms with E-state index in [-0.39, 0.29) is 11.4 Å². The highest BCUT2D eigenvalue weighted by Crippen LogP contribution is 2.21. The number of nitrogens with zero attached hydrogens (tertiary/aromatic N) is 3. The van der Waals surface area contributed by atoms with Crippen molar-refractivity contribution in [2.45, 2.75) is 24.7 Å². The van der Waals surface area contributed by atoms with Crippen molar-refractivity contribution >= 4 is 21.8 Å². The molecular formula is C23H27N5O2S. The molecule has 2 N–H and O–H groups in total. The molecule has 0 radical (unpaired) electrons. The van der Waals surface area contributed by atoms with Gasteiger partial charge in [0, 0.05) is 37.9 Å². The quantitative estimate of drug-likeness (QED) is 0.525. The Balaban J connectivity index is 1.33. The topological polar surface area (TPSA) is 87.2 Å². The maximum atomic E-state index is 12.6. The number of sulfonamides is 1. The van der Waals surface area contributed by atoms with Crippen molar-refractivity contribution < 1.29 is 8.42 Å². The molecule has 4 rings (SSSR count). The minimum atomic E-state index is -3.58. The summed E-state index contributed by atoms with van der Waals surface area (Å²) in [5.74, 6) is 1.44. The van der Waals surface area contributed by atoms with Gasteiger partial charge in [-0.25, -0.2) is 18.1 Å². The molecule has 0 amide bonds. The molecule has 162 valence electrons. The van der Waals surface area contributed by atoms with Crippen LogP contribution in [0, 0.1) is 6.92 Å². The van der Waals surface area contributed by atoms with Crippen molar-refractivity contribution in [2.24, 2.45) is 0 Å². The molecule has 0 saturated carbocycles. The zero-order valence-electron chi connectivity index (χ0n) is 17.6. The van der Waals surface area contributed by atoms with E-state index in [4.69, 9.17) is 0 Å². The first-order chi connectivity index (χ1) is 15.0. The van der Waals surface area contributed by atoms with Crippen LogP contribution in [0.15, 0.2) is 65.6 Å². The lowest BCUT2D eigenvalue weighted by atomic mass is 10.1. The summed E-state index contributed by atoms with van der Waals surface area (Å²) < 4.78 is 27.8. The number of nitrogens with one attached hydrogen (secondary N) is 2. The van der Waals surface area contributed by atoms with E-state index in [1.54, 1.807) is 12.1 Å². The van der Waals surface area contributed by atoms with E-state index in [0.717, 1.165) is 35.7 Å². The number of benzene rings is 2. The van der Waals surface area contributed by atoms with Crippen molar-refractivity contribution in [2.75, 3.05) is 36.4 Å². The van der Waals surface area contributed by atoms with Crippen LogP contribution in [0.5, 0.6) is 0 Å². The summed E-state index contributed by atoms with van der Waals surface area (Å²) in [6.07, 6.45) is 2.36. The molecule has 1 aliphatic rings. The average Bonchev–Trinajstić information content (AvgIpc) is 3.32. The zero-order valence-corrected chi connectivity index (χ0v) is 18.4. The summed E-state index contributed by atoms with van der Waals surface area (Å²) in [5, 5.41) is 3.13. The first-order valence-electron chi connectivity index (χ1n) is 10.5. The summed E-state index contributed by atoms with van der Waals surface area (Å²) in [5.41, 5.74) is 2.92. The molecule has 8 heteroatoms. The molecule has 1 saturated heterocycles. The molecule has 2 heterocycles. The molecule has 2 aromatic carbocycles. The van der Waals surface area contributed by atoms with Crippen LogP contribution in [0.4, 0.5) is 11.8 Å². The van der Waals surface area contributed by atoms with Crippen LogP contribution < -0.4 is 14.9 Å². The van der Waals surface area contributed by atoms with Crippen molar-refractivity contribution in [3.8, 4) is 11.1 Å². The Hall–Kier alpha value is -2.97. The fraction of sp³-hybridized carbons (Fsp3) is 0.304. The van der Waals surface area contributed by atoms with Gasteiger partial charge in [0.05, 0.1) is 4.90 Å². The van der Waals surface area contributed by atoms with Gasteiger partial charge in [-0.15, -0.1) is 0 Å². The minimum Gasteiger partial charge on any atom is -0.356 e. The van der Waals surface area contributed by atoms with Crippen LogP contribution in [0.1, 0.15) is 18.5 Å². The molecule has 1 aromatic heterocycles. The monoisotopic (exact) mass is 437 g/mol. The van der Waals surface area contributed by atoms with Gasteiger partial charge in [0.1, 0.15) is 5.82 Å². The van der Waals surface area contributed by atoms with E-state index in [1.807, 2.05) is 55.5 Å². The van der Waals surface area contributed by atoms with Crippen molar-refractivity contribution in [1.82, 2.24) is 14.7 Å². The Morgan fingerprint density at radius 2 is 1.58 bits per heavy atom. The Morgan fingerprint density at radius 3 is 2.29 bits per heavy atom. The molecule has 0 aliphatic carbocycles. The number of aromatic nitrogens is 2. The smallest absolute Gasteiger partial charge is 0.240 e. The van der Waals surface area contributed by atoms with E-state index < -0.39 is 10.0 Å². The van der Waals surface area contributed by atoms with E-state index >= 15 is 0 Å². The Kier molecular flexibility index (Phi) is 6.48. The third kappa shape index (κ3) is 5.39. The lowest BCUT2D eigenvalue weighted by Crippen LogP contribution is -2.29. The summed E-state index contributed by atoms with van der Waals surface area (Å²) >= 11 is 0. The first kappa shape index (κ1) is 21.3. The highest BCUT2D eigenvalue weighted by Gasteiger charge is 2.16. The van der Waals surface area contributed by atoms with E-state index in [1.165, 1.54) is 12.8 Å². The molecule has 31 heavy (non-hydrogen) atoms. The van der Waals surface area contributed by atoms with Crippen LogP contribution in [-0.4, -0.2) is 44.6 Å². The molecule has 0 atom stereocenters. The predicted molar refractivity (Wildman–Crippen MR) is 124 cm³/mol. The van der Waals surface area contributed by atoms with Crippen molar-refractivity contribution in [3.05, 3.63) is 66.4 Å². The van der Waals surface area contributed by atoms with Gasteiger partial charge < -0.3 is 10.2 Å². The normalized spacial score (nSPS) is 14.0. The molecule has 0 unspecified atom stereocenters. The maximum Gasteiger partial charge on any atom is 0.240 e. The van der Waals surface area contributed by atoms with Gasteiger partial charge in [0.15, 0.2) is 0 Å². The Labute approximate surface area is 183 Å². The second-order valence-electron chi connectivity index (χ2n) is 7.60. The highest BCUT2D eigenvalue weighted by molar-refractivity contribution is 7.89. The fourth-order valence-corrected chi connectivity index (χ4v) is 4.67. The second kappa shape index (κ2) is 9.45. The first-order valence-corrected chi connectivity index (χ1v) is 12.0. The third-order valence-electron chi connectivity index (χ3n) is 5.24. The number of hydrogen-bond acceptors (Lipinski definition) is 6. The van der Waals surface area contributed by atoms with E-state index in [9.17, 15) is 8.42 Å². The van der Waals surface area contributed by atoms with Gasteiger partial charge >= 0.3 is 0 Å². The fourth-order valence-electron chi connectivity index (χ4n) is 3.64. The van der Waals surface area contributed by atoms with Gasteiger partial charge in [-0.1, -0.05) is 42.5 Å². The standard InChI is InChI=1S/C23H27N5O2S/c1-18-17-22(28-15-5-6-16-28)27-23(26-18)24-13-14-25-31(29,30)21-11-9-20(10-12-21)19-7-3-2-4-8-19/h2-4,7-12,17,25H,5-6,13-16H2,1H3,(H,24,26,27). The number of aryl methyl sites for hydroxylation is 1. The predicted octanol–water partition coefficient (Wildman–Crippen LogP) is 3.44. The second-order valence-corrected chi connectivity index (χ2v) is 9.37. The zero-order chi connectivity index (χ0) is 21.7. The summed E-state index contributed by atoms with van der Waals surface area (Å²) in [6, 6.07) is 18.8. The molecule has 1 aliphatic heterocycles. The van der Waals surface area contributed by atoms with Crippen LogP contribution in [0.25, 0.3) is 11.1 Å². The molecule has 7 nitrogen and oxygen atoms in total. The number of anilines is 2. The van der Waals surface area contributed by atoms with E-state index in [2.05, 4.69) is 24.9 Å². The summed E-state index contributed by atoms with van der Waals surface area (Å²) in [4.78, 5) is 11.5. The van der Waals surface area contributed by atoms with E-state index in [0.29, 0.717) is 12.5 Å². The average molecular weight is 438 g/mol. The molecular weight excluding hydrogens is 410 g/mol. The lowest BCUT2D eigenvalue weighted by molar-refractivity contribution is 0.583. The third-order valence-corrected chi connectivity index (χ3v) is 6.72. The van der Waals surface area contributed by atoms with Crippen molar-refractivity contribution in [1.29, 1.82) is 0 Å². The van der Waals surface area contributed by atoms with Crippen molar-refractivity contribution in [3.63, 3.8) is 0 Å². The van der Waals surface area contributed by atoms with Gasteiger partial charge in [-0.2, -0.15) is 4.98 Å². The van der Waals surface area contributed by atoms with Crippen LogP contribution >= 0.6 is 0 Å². The lowest BCUT2D eigenvalue weighted by Gasteiger charge is -2.17. The van der Waals surface area contributed by atoms with Crippen LogP contribution in [0.2, 0.25) is 0 Å². The van der Waals surface area contributed by atoms with Crippen LogP contribution in [0.3, 0.4) is 0 Å². The Bertz CT molecular complexity index is 1110. The highest BCUT2D eigenvalue weighted by atomic mass is 32.2. The molecule has 1 fully saturated rings. The summed E-state index contributed by atoms with van der Waals surface area (Å²) in [7, 11) is -3.58. The van der Waals surface area contributed by atoms with Gasteiger partial charge in [-0.05, 0) is 43.0 Å². The van der Waals surface area contributed by atoms with Crippen LogP contribution in [-0.2, 0) is 10.0 Å². The number of rotatable bonds is 8. The molecule has 0 bridgehead atoms. The SMILES string of the molecule is Cc1cc(N2CCCC2)nc(NCCNS(=O)(=O)c2ccc(-c3ccccc3)cc2)n1. The summed E-state index contributed by atoms with van der Waals surface area (Å²) in [6.45, 7) is 4.59. The largest absolute Gasteiger partial charge is 0.356 e. The Morgan fingerprint density at radius 1 is 0.903 bits per heavy atom. The maximum absolute atomic E-state index is 12.6. The molecule has 0 spiro atoms. The minimum absolute atomic E-state index is 0.235. The van der Waals surface area contributed by atoms with Gasteiger partial charge in [0.25, 0.3) is 0 Å².